The zero-order valence-electron chi connectivity index (χ0n) is 8.79. The SMILES string of the molecule is CCC(C)OCC(C)OCC1CO1. The van der Waals surface area contributed by atoms with Gasteiger partial charge in [0.25, 0.3) is 0 Å². The summed E-state index contributed by atoms with van der Waals surface area (Å²) in [6.07, 6.45) is 1.92. The lowest BCUT2D eigenvalue weighted by Crippen LogP contribution is -2.21. The smallest absolute Gasteiger partial charge is 0.104 e. The number of epoxide rings is 1. The van der Waals surface area contributed by atoms with Crippen LogP contribution in [0.1, 0.15) is 27.2 Å². The maximum atomic E-state index is 5.54. The Kier molecular flexibility index (Phi) is 4.70. The molecule has 0 aliphatic carbocycles. The Morgan fingerprint density at radius 1 is 1.31 bits per heavy atom. The third-order valence-electron chi connectivity index (χ3n) is 2.16. The van der Waals surface area contributed by atoms with E-state index in [1.54, 1.807) is 0 Å². The van der Waals surface area contributed by atoms with Crippen molar-refractivity contribution in [2.24, 2.45) is 0 Å². The van der Waals surface area contributed by atoms with Gasteiger partial charge in [0.2, 0.25) is 0 Å². The highest BCUT2D eigenvalue weighted by molar-refractivity contribution is 4.68. The van der Waals surface area contributed by atoms with Crippen molar-refractivity contribution in [2.75, 3.05) is 19.8 Å². The minimum Gasteiger partial charge on any atom is -0.376 e. The van der Waals surface area contributed by atoms with Crippen molar-refractivity contribution < 1.29 is 14.2 Å². The molecule has 0 N–H and O–H groups in total. The van der Waals surface area contributed by atoms with Gasteiger partial charge in [-0.25, -0.2) is 0 Å². The van der Waals surface area contributed by atoms with Crippen LogP contribution in [0.2, 0.25) is 0 Å². The van der Waals surface area contributed by atoms with Crippen LogP contribution < -0.4 is 0 Å². The van der Waals surface area contributed by atoms with Crippen molar-refractivity contribution in [1.82, 2.24) is 0 Å². The molecular formula is C10H20O3. The fourth-order valence-electron chi connectivity index (χ4n) is 0.902. The zero-order chi connectivity index (χ0) is 9.68. The summed E-state index contributed by atoms with van der Waals surface area (Å²) in [4.78, 5) is 0. The van der Waals surface area contributed by atoms with E-state index in [0.29, 0.717) is 25.4 Å². The number of hydrogen-bond acceptors (Lipinski definition) is 3. The van der Waals surface area contributed by atoms with Crippen molar-refractivity contribution >= 4 is 0 Å². The Bertz CT molecular complexity index is 134. The predicted molar refractivity (Wildman–Crippen MR) is 50.9 cm³/mol. The highest BCUT2D eigenvalue weighted by atomic mass is 16.6. The zero-order valence-corrected chi connectivity index (χ0v) is 8.79. The van der Waals surface area contributed by atoms with Gasteiger partial charge in [-0.1, -0.05) is 6.92 Å². The van der Waals surface area contributed by atoms with Gasteiger partial charge in [0.1, 0.15) is 6.10 Å². The topological polar surface area (TPSA) is 31.0 Å². The monoisotopic (exact) mass is 188 g/mol. The van der Waals surface area contributed by atoms with Gasteiger partial charge in [-0.05, 0) is 20.3 Å². The summed E-state index contributed by atoms with van der Waals surface area (Å²) in [7, 11) is 0. The average molecular weight is 188 g/mol. The molecule has 0 amide bonds. The van der Waals surface area contributed by atoms with Gasteiger partial charge in [0.05, 0.1) is 32.0 Å². The first-order valence-electron chi connectivity index (χ1n) is 5.07. The third kappa shape index (κ3) is 5.24. The number of rotatable bonds is 7. The summed E-state index contributed by atoms with van der Waals surface area (Å²) in [6.45, 7) is 8.49. The first-order chi connectivity index (χ1) is 6.22. The summed E-state index contributed by atoms with van der Waals surface area (Å²) in [5, 5.41) is 0. The highest BCUT2D eigenvalue weighted by Crippen LogP contribution is 2.10. The van der Waals surface area contributed by atoms with Crippen molar-refractivity contribution in [3.63, 3.8) is 0 Å². The summed E-state index contributed by atoms with van der Waals surface area (Å²) in [6, 6.07) is 0. The first-order valence-corrected chi connectivity index (χ1v) is 5.07. The maximum absolute atomic E-state index is 5.54. The molecule has 78 valence electrons. The average Bonchev–Trinajstić information content (AvgIpc) is 2.94. The molecule has 1 saturated heterocycles. The minimum absolute atomic E-state index is 0.179. The van der Waals surface area contributed by atoms with Crippen molar-refractivity contribution in [2.45, 2.75) is 45.5 Å². The van der Waals surface area contributed by atoms with Crippen molar-refractivity contribution in [3.05, 3.63) is 0 Å². The van der Waals surface area contributed by atoms with Crippen LogP contribution in [0, 0.1) is 0 Å². The fraction of sp³-hybridized carbons (Fsp3) is 1.00. The van der Waals surface area contributed by atoms with Crippen LogP contribution in [0.25, 0.3) is 0 Å². The number of ether oxygens (including phenoxy) is 3. The van der Waals surface area contributed by atoms with Crippen LogP contribution in [0.15, 0.2) is 0 Å². The minimum atomic E-state index is 0.179. The molecule has 0 spiro atoms. The van der Waals surface area contributed by atoms with Gasteiger partial charge in [0, 0.05) is 0 Å². The van der Waals surface area contributed by atoms with E-state index in [0.717, 1.165) is 13.0 Å². The van der Waals surface area contributed by atoms with E-state index in [4.69, 9.17) is 14.2 Å². The molecule has 1 aliphatic rings. The molecule has 3 unspecified atom stereocenters. The Balaban J connectivity index is 1.92. The molecule has 3 heteroatoms. The fourth-order valence-corrected chi connectivity index (χ4v) is 0.902. The van der Waals surface area contributed by atoms with Crippen LogP contribution in [0.4, 0.5) is 0 Å². The molecular weight excluding hydrogens is 168 g/mol. The Morgan fingerprint density at radius 3 is 2.54 bits per heavy atom. The maximum Gasteiger partial charge on any atom is 0.104 e. The quantitative estimate of drug-likeness (QED) is 0.569. The molecule has 3 atom stereocenters. The van der Waals surface area contributed by atoms with Crippen LogP contribution in [-0.2, 0) is 14.2 Å². The predicted octanol–water partition coefficient (Wildman–Crippen LogP) is 1.61. The van der Waals surface area contributed by atoms with Gasteiger partial charge >= 0.3 is 0 Å². The van der Waals surface area contributed by atoms with E-state index >= 15 is 0 Å². The molecule has 0 aromatic rings. The standard InChI is InChI=1S/C10H20O3/c1-4-8(2)11-5-9(3)12-6-10-7-13-10/h8-10H,4-7H2,1-3H3. The molecule has 1 heterocycles. The van der Waals surface area contributed by atoms with E-state index in [1.165, 1.54) is 0 Å². The van der Waals surface area contributed by atoms with Crippen LogP contribution in [0.5, 0.6) is 0 Å². The van der Waals surface area contributed by atoms with Gasteiger partial charge in [-0.3, -0.25) is 0 Å². The van der Waals surface area contributed by atoms with Gasteiger partial charge in [0.15, 0.2) is 0 Å². The van der Waals surface area contributed by atoms with Crippen molar-refractivity contribution in [3.8, 4) is 0 Å². The normalized spacial score (nSPS) is 25.6. The lowest BCUT2D eigenvalue weighted by atomic mass is 10.3. The second kappa shape index (κ2) is 5.58. The third-order valence-corrected chi connectivity index (χ3v) is 2.16. The van der Waals surface area contributed by atoms with Crippen LogP contribution in [-0.4, -0.2) is 38.1 Å². The second-order valence-corrected chi connectivity index (χ2v) is 3.65. The molecule has 13 heavy (non-hydrogen) atoms. The lowest BCUT2D eigenvalue weighted by Gasteiger charge is -2.15. The molecule has 0 aromatic carbocycles. The van der Waals surface area contributed by atoms with E-state index in [1.807, 2.05) is 6.92 Å². The molecule has 0 aromatic heterocycles. The highest BCUT2D eigenvalue weighted by Gasteiger charge is 2.23. The summed E-state index contributed by atoms with van der Waals surface area (Å²) < 4.78 is 16.1. The van der Waals surface area contributed by atoms with E-state index in [9.17, 15) is 0 Å². The van der Waals surface area contributed by atoms with Gasteiger partial charge in [-0.15, -0.1) is 0 Å². The summed E-state index contributed by atoms with van der Waals surface area (Å²) in [5.41, 5.74) is 0. The second-order valence-electron chi connectivity index (χ2n) is 3.65. The molecule has 0 radical (unpaired) electrons. The molecule has 1 aliphatic heterocycles. The van der Waals surface area contributed by atoms with E-state index in [-0.39, 0.29) is 6.10 Å². The Labute approximate surface area is 80.4 Å². The molecule has 0 bridgehead atoms. The number of hydrogen-bond donors (Lipinski definition) is 0. The van der Waals surface area contributed by atoms with Gasteiger partial charge < -0.3 is 14.2 Å². The Hall–Kier alpha value is -0.120. The molecule has 1 rings (SSSR count). The largest absolute Gasteiger partial charge is 0.376 e. The summed E-state index contributed by atoms with van der Waals surface area (Å²) >= 11 is 0. The molecule has 1 fully saturated rings. The van der Waals surface area contributed by atoms with Gasteiger partial charge in [-0.2, -0.15) is 0 Å². The lowest BCUT2D eigenvalue weighted by molar-refractivity contribution is -0.0354. The molecule has 0 saturated carbocycles. The van der Waals surface area contributed by atoms with Crippen molar-refractivity contribution in [1.29, 1.82) is 0 Å². The van der Waals surface area contributed by atoms with E-state index in [2.05, 4.69) is 13.8 Å². The Morgan fingerprint density at radius 2 is 2.00 bits per heavy atom. The molecule has 3 nitrogen and oxygen atoms in total. The van der Waals surface area contributed by atoms with Crippen LogP contribution >= 0.6 is 0 Å². The van der Waals surface area contributed by atoms with E-state index < -0.39 is 0 Å². The summed E-state index contributed by atoms with van der Waals surface area (Å²) in [5.74, 6) is 0. The first kappa shape index (κ1) is 11.0. The van der Waals surface area contributed by atoms with Crippen LogP contribution in [0.3, 0.4) is 0 Å².